The summed E-state index contributed by atoms with van der Waals surface area (Å²) in [5, 5.41) is 4.99. The Hall–Kier alpha value is -2.85. The Morgan fingerprint density at radius 1 is 0.917 bits per heavy atom. The molecule has 0 fully saturated rings. The van der Waals surface area contributed by atoms with E-state index in [2.05, 4.69) is 5.32 Å². The van der Waals surface area contributed by atoms with E-state index in [-0.39, 0.29) is 17.2 Å². The second-order valence-corrected chi connectivity index (χ2v) is 5.54. The first kappa shape index (κ1) is 16.0. The van der Waals surface area contributed by atoms with Crippen LogP contribution in [0.5, 0.6) is 0 Å². The van der Waals surface area contributed by atoms with Crippen molar-refractivity contribution in [3.8, 4) is 0 Å². The van der Waals surface area contributed by atoms with Gasteiger partial charge >= 0.3 is 5.97 Å². The highest BCUT2D eigenvalue weighted by Gasteiger charge is 2.13. The fourth-order valence-electron chi connectivity index (χ4n) is 2.36. The second-order valence-electron chi connectivity index (χ2n) is 5.13. The van der Waals surface area contributed by atoms with E-state index in [1.807, 2.05) is 36.4 Å². The van der Waals surface area contributed by atoms with Crippen LogP contribution < -0.4 is 5.32 Å². The highest BCUT2D eigenvalue weighted by Crippen LogP contribution is 2.23. The molecule has 3 rings (SSSR count). The zero-order chi connectivity index (χ0) is 16.9. The number of anilines is 1. The molecule has 24 heavy (non-hydrogen) atoms. The fraction of sp³-hybridized carbons (Fsp3) is 0.0526. The van der Waals surface area contributed by atoms with Crippen molar-refractivity contribution in [1.82, 2.24) is 0 Å². The molecule has 0 atom stereocenters. The summed E-state index contributed by atoms with van der Waals surface area (Å²) in [6.45, 7) is -0.382. The van der Waals surface area contributed by atoms with Crippen LogP contribution in [0.2, 0.25) is 5.02 Å². The molecule has 0 spiro atoms. The van der Waals surface area contributed by atoms with Gasteiger partial charge in [0.05, 0.1) is 10.6 Å². The number of ether oxygens (including phenoxy) is 1. The number of esters is 1. The molecule has 0 aliphatic rings. The van der Waals surface area contributed by atoms with Crippen molar-refractivity contribution < 1.29 is 14.3 Å². The minimum Gasteiger partial charge on any atom is -0.452 e. The van der Waals surface area contributed by atoms with Crippen LogP contribution in [0.25, 0.3) is 10.8 Å². The van der Waals surface area contributed by atoms with Crippen LogP contribution >= 0.6 is 11.6 Å². The Balaban J connectivity index is 1.66. The van der Waals surface area contributed by atoms with Gasteiger partial charge in [0.15, 0.2) is 6.61 Å². The first-order valence-electron chi connectivity index (χ1n) is 7.34. The lowest BCUT2D eigenvalue weighted by molar-refractivity contribution is -0.119. The third kappa shape index (κ3) is 3.55. The largest absolute Gasteiger partial charge is 0.452 e. The van der Waals surface area contributed by atoms with Crippen molar-refractivity contribution in [1.29, 1.82) is 0 Å². The first-order chi connectivity index (χ1) is 11.6. The van der Waals surface area contributed by atoms with Gasteiger partial charge in [0, 0.05) is 11.1 Å². The summed E-state index contributed by atoms with van der Waals surface area (Å²) in [7, 11) is 0. The molecule has 1 N–H and O–H groups in total. The van der Waals surface area contributed by atoms with Crippen molar-refractivity contribution in [2.45, 2.75) is 0 Å². The summed E-state index contributed by atoms with van der Waals surface area (Å²) in [4.78, 5) is 24.0. The molecule has 0 saturated heterocycles. The lowest BCUT2D eigenvalue weighted by Gasteiger charge is -2.09. The fourth-order valence-corrected chi connectivity index (χ4v) is 2.57. The Bertz CT molecular complexity index is 903. The number of nitrogens with one attached hydrogen (secondary N) is 1. The van der Waals surface area contributed by atoms with Gasteiger partial charge in [0.2, 0.25) is 0 Å². The Morgan fingerprint density at radius 3 is 2.46 bits per heavy atom. The summed E-state index contributed by atoms with van der Waals surface area (Å²) in [6, 6.07) is 19.9. The third-order valence-corrected chi connectivity index (χ3v) is 3.82. The van der Waals surface area contributed by atoms with Gasteiger partial charge in [-0.2, -0.15) is 0 Å². The molecule has 0 aromatic heterocycles. The monoisotopic (exact) mass is 339 g/mol. The number of benzene rings is 3. The quantitative estimate of drug-likeness (QED) is 0.721. The predicted octanol–water partition coefficient (Wildman–Crippen LogP) is 4.29. The van der Waals surface area contributed by atoms with Gasteiger partial charge in [-0.3, -0.25) is 4.79 Å². The second kappa shape index (κ2) is 7.15. The zero-order valence-corrected chi connectivity index (χ0v) is 13.4. The molecule has 120 valence electrons. The summed E-state index contributed by atoms with van der Waals surface area (Å²) in [5.41, 5.74) is 0.907. The van der Waals surface area contributed by atoms with Crippen molar-refractivity contribution in [3.63, 3.8) is 0 Å². The molecule has 0 unspecified atom stereocenters. The third-order valence-electron chi connectivity index (χ3n) is 3.49. The molecule has 0 heterocycles. The number of hydrogen-bond acceptors (Lipinski definition) is 3. The summed E-state index contributed by atoms with van der Waals surface area (Å²) >= 11 is 5.93. The Morgan fingerprint density at radius 2 is 1.62 bits per heavy atom. The van der Waals surface area contributed by atoms with Crippen LogP contribution in [-0.4, -0.2) is 18.5 Å². The average Bonchev–Trinajstić information content (AvgIpc) is 2.60. The number of carbonyl (C=O) groups is 2. The molecular formula is C19H14ClNO3. The van der Waals surface area contributed by atoms with Crippen LogP contribution in [0.3, 0.4) is 0 Å². The van der Waals surface area contributed by atoms with Crippen molar-refractivity contribution >= 4 is 39.9 Å². The van der Waals surface area contributed by atoms with E-state index >= 15 is 0 Å². The zero-order valence-electron chi connectivity index (χ0n) is 12.7. The van der Waals surface area contributed by atoms with Gasteiger partial charge in [-0.1, -0.05) is 60.1 Å². The van der Waals surface area contributed by atoms with Crippen LogP contribution in [0.15, 0.2) is 66.7 Å². The molecule has 3 aromatic rings. The molecule has 0 aliphatic carbocycles. The van der Waals surface area contributed by atoms with Gasteiger partial charge in [-0.15, -0.1) is 0 Å². The average molecular weight is 340 g/mol. The lowest BCUT2D eigenvalue weighted by Crippen LogP contribution is -2.21. The number of hydrogen-bond donors (Lipinski definition) is 1. The minimum atomic E-state index is -0.631. The normalized spacial score (nSPS) is 10.4. The number of rotatable bonds is 4. The highest BCUT2D eigenvalue weighted by molar-refractivity contribution is 6.33. The molecule has 3 aromatic carbocycles. The van der Waals surface area contributed by atoms with E-state index in [4.69, 9.17) is 16.3 Å². The van der Waals surface area contributed by atoms with E-state index in [1.165, 1.54) is 0 Å². The van der Waals surface area contributed by atoms with Crippen LogP contribution in [-0.2, 0) is 9.53 Å². The summed E-state index contributed by atoms with van der Waals surface area (Å²) < 4.78 is 5.02. The van der Waals surface area contributed by atoms with Gasteiger partial charge in [0.25, 0.3) is 5.91 Å². The van der Waals surface area contributed by atoms with Crippen LogP contribution in [0, 0.1) is 0 Å². The lowest BCUT2D eigenvalue weighted by atomic mass is 10.1. The molecule has 1 amide bonds. The maximum absolute atomic E-state index is 12.1. The maximum atomic E-state index is 12.1. The maximum Gasteiger partial charge on any atom is 0.340 e. The minimum absolute atomic E-state index is 0.233. The first-order valence-corrected chi connectivity index (χ1v) is 7.72. The van der Waals surface area contributed by atoms with Gasteiger partial charge in [-0.25, -0.2) is 4.79 Å². The van der Waals surface area contributed by atoms with Crippen molar-refractivity contribution in [3.05, 3.63) is 77.3 Å². The van der Waals surface area contributed by atoms with E-state index < -0.39 is 11.9 Å². The van der Waals surface area contributed by atoms with E-state index in [1.54, 1.807) is 30.3 Å². The standard InChI is InChI=1S/C19H14ClNO3/c20-16-10-4-3-9-15(16)19(23)24-12-18(22)21-17-11-5-7-13-6-1-2-8-14(13)17/h1-11H,12H2,(H,21,22). The molecule has 0 radical (unpaired) electrons. The number of amides is 1. The van der Waals surface area contributed by atoms with E-state index in [0.717, 1.165) is 10.8 Å². The number of carbonyl (C=O) groups excluding carboxylic acids is 2. The number of fused-ring (bicyclic) bond motifs is 1. The predicted molar refractivity (Wildman–Crippen MR) is 94.3 cm³/mol. The molecule has 5 heteroatoms. The van der Waals surface area contributed by atoms with Gasteiger partial charge in [0.1, 0.15) is 0 Å². The smallest absolute Gasteiger partial charge is 0.340 e. The molecular weight excluding hydrogens is 326 g/mol. The van der Waals surface area contributed by atoms with Gasteiger partial charge in [-0.05, 0) is 23.6 Å². The molecule has 4 nitrogen and oxygen atoms in total. The topological polar surface area (TPSA) is 55.4 Å². The molecule has 0 aliphatic heterocycles. The Labute approximate surface area is 144 Å². The molecule has 0 saturated carbocycles. The SMILES string of the molecule is O=C(COC(=O)c1ccccc1Cl)Nc1cccc2ccccc12. The van der Waals surface area contributed by atoms with Crippen molar-refractivity contribution in [2.24, 2.45) is 0 Å². The summed E-state index contributed by atoms with van der Waals surface area (Å²) in [6.07, 6.45) is 0. The van der Waals surface area contributed by atoms with E-state index in [0.29, 0.717) is 5.69 Å². The highest BCUT2D eigenvalue weighted by atomic mass is 35.5. The van der Waals surface area contributed by atoms with Crippen molar-refractivity contribution in [2.75, 3.05) is 11.9 Å². The number of halogens is 1. The van der Waals surface area contributed by atoms with Gasteiger partial charge < -0.3 is 10.1 Å². The van der Waals surface area contributed by atoms with E-state index in [9.17, 15) is 9.59 Å². The molecule has 0 bridgehead atoms. The Kier molecular flexibility index (Phi) is 4.77. The summed E-state index contributed by atoms with van der Waals surface area (Å²) in [5.74, 6) is -1.04. The van der Waals surface area contributed by atoms with Crippen LogP contribution in [0.1, 0.15) is 10.4 Å². The van der Waals surface area contributed by atoms with Crippen LogP contribution in [0.4, 0.5) is 5.69 Å².